The highest BCUT2D eigenvalue weighted by Gasteiger charge is 2.33. The normalized spacial score (nSPS) is 16.0. The zero-order chi connectivity index (χ0) is 20.4. The van der Waals surface area contributed by atoms with Crippen molar-refractivity contribution in [1.82, 2.24) is 14.9 Å². The molecule has 1 saturated heterocycles. The number of amides is 1. The molecule has 2 N–H and O–H groups in total. The topological polar surface area (TPSA) is 70.2 Å². The van der Waals surface area contributed by atoms with E-state index in [0.29, 0.717) is 37.8 Å². The second-order valence-corrected chi connectivity index (χ2v) is 6.74. The molecule has 1 atom stereocenters. The summed E-state index contributed by atoms with van der Waals surface area (Å²) < 4.78 is 44.9. The van der Waals surface area contributed by atoms with Crippen LogP contribution in [0.4, 0.5) is 19.1 Å². The number of anilines is 1. The minimum atomic E-state index is -4.50. The van der Waals surface area contributed by atoms with Crippen molar-refractivity contribution in [2.24, 2.45) is 0 Å². The predicted molar refractivity (Wildman–Crippen MR) is 101 cm³/mol. The Labute approximate surface area is 164 Å². The molecule has 1 amide bonds. The lowest BCUT2D eigenvalue weighted by Gasteiger charge is -2.31. The second-order valence-electron chi connectivity index (χ2n) is 6.74. The Morgan fingerprint density at radius 2 is 1.90 bits per heavy atom. The number of carbonyl (C=O) groups excluding carboxylic acids is 1. The largest absolute Gasteiger partial charge is 0.416 e. The highest BCUT2D eigenvalue weighted by atomic mass is 19.4. The number of aromatic nitrogens is 2. The van der Waals surface area contributed by atoms with Crippen LogP contribution in [0.5, 0.6) is 0 Å². The van der Waals surface area contributed by atoms with E-state index >= 15 is 0 Å². The number of alkyl halides is 3. The van der Waals surface area contributed by atoms with Gasteiger partial charge in [-0.15, -0.1) is 0 Å². The lowest BCUT2D eigenvalue weighted by molar-refractivity contribution is -0.138. The third kappa shape index (κ3) is 4.19. The maximum Gasteiger partial charge on any atom is 0.416 e. The van der Waals surface area contributed by atoms with Crippen LogP contribution in [-0.2, 0) is 15.7 Å². The van der Waals surface area contributed by atoms with Crippen molar-refractivity contribution in [2.45, 2.75) is 12.2 Å². The number of ether oxygens (including phenoxy) is 1. The van der Waals surface area contributed by atoms with Crippen molar-refractivity contribution in [1.29, 1.82) is 0 Å². The number of benzene rings is 2. The average Bonchev–Trinajstić information content (AvgIpc) is 3.14. The van der Waals surface area contributed by atoms with Gasteiger partial charge in [-0.1, -0.05) is 24.3 Å². The summed E-state index contributed by atoms with van der Waals surface area (Å²) in [6.07, 6.45) is -4.50. The Balaban J connectivity index is 1.69. The number of H-pyrrole nitrogens is 1. The molecule has 1 fully saturated rings. The summed E-state index contributed by atoms with van der Waals surface area (Å²) in [6, 6.07) is 11.1. The van der Waals surface area contributed by atoms with Crippen LogP contribution in [0, 0.1) is 0 Å². The fourth-order valence-electron chi connectivity index (χ4n) is 3.31. The number of aromatic amines is 1. The molecule has 4 rings (SSSR count). The quantitative estimate of drug-likeness (QED) is 0.697. The standard InChI is InChI=1S/C20H19F3N4O2/c21-20(22,23)14-5-3-4-13(12-14)17(18(28)27-8-10-29-11-9-27)26-19-24-15-6-1-2-7-16(15)25-19/h1-7,12,17H,8-11H2,(H2,24,25,26). The van der Waals surface area contributed by atoms with Crippen LogP contribution < -0.4 is 5.32 Å². The number of rotatable bonds is 4. The number of hydrogen-bond acceptors (Lipinski definition) is 4. The number of nitrogens with one attached hydrogen (secondary N) is 2. The third-order valence-corrected chi connectivity index (χ3v) is 4.79. The van der Waals surface area contributed by atoms with Crippen molar-refractivity contribution in [2.75, 3.05) is 31.6 Å². The van der Waals surface area contributed by atoms with Gasteiger partial charge in [-0.25, -0.2) is 4.98 Å². The fourth-order valence-corrected chi connectivity index (χ4v) is 3.31. The number of para-hydroxylation sites is 2. The van der Waals surface area contributed by atoms with Crippen molar-refractivity contribution in [3.8, 4) is 0 Å². The molecule has 29 heavy (non-hydrogen) atoms. The van der Waals surface area contributed by atoms with Gasteiger partial charge in [0.2, 0.25) is 11.9 Å². The summed E-state index contributed by atoms with van der Waals surface area (Å²) >= 11 is 0. The number of fused-ring (bicyclic) bond motifs is 1. The fraction of sp³-hybridized carbons (Fsp3) is 0.300. The first-order chi connectivity index (χ1) is 13.9. The highest BCUT2D eigenvalue weighted by Crippen LogP contribution is 2.32. The van der Waals surface area contributed by atoms with E-state index in [1.165, 1.54) is 12.1 Å². The molecule has 1 aliphatic rings. The van der Waals surface area contributed by atoms with Crippen molar-refractivity contribution in [3.05, 3.63) is 59.7 Å². The molecule has 0 radical (unpaired) electrons. The summed E-state index contributed by atoms with van der Waals surface area (Å²) in [7, 11) is 0. The number of carbonyl (C=O) groups is 1. The number of morpholine rings is 1. The van der Waals surface area contributed by atoms with Crippen LogP contribution in [-0.4, -0.2) is 47.1 Å². The van der Waals surface area contributed by atoms with Crippen molar-refractivity contribution >= 4 is 22.9 Å². The number of nitrogens with zero attached hydrogens (tertiary/aromatic N) is 2. The average molecular weight is 404 g/mol. The van der Waals surface area contributed by atoms with Crippen LogP contribution in [0.1, 0.15) is 17.2 Å². The maximum absolute atomic E-state index is 13.2. The Hall–Kier alpha value is -3.07. The molecule has 2 heterocycles. The van der Waals surface area contributed by atoms with Gasteiger partial charge in [-0.2, -0.15) is 13.2 Å². The van der Waals surface area contributed by atoms with Gasteiger partial charge in [-0.05, 0) is 29.8 Å². The minimum absolute atomic E-state index is 0.219. The zero-order valence-corrected chi connectivity index (χ0v) is 15.4. The van der Waals surface area contributed by atoms with E-state index in [-0.39, 0.29) is 11.5 Å². The van der Waals surface area contributed by atoms with Gasteiger partial charge in [0.1, 0.15) is 6.04 Å². The SMILES string of the molecule is O=C(C(Nc1nc2ccccc2[nH]1)c1cccc(C(F)(F)F)c1)N1CCOCC1. The second kappa shape index (κ2) is 7.75. The molecule has 0 bridgehead atoms. The van der Waals surface area contributed by atoms with E-state index in [9.17, 15) is 18.0 Å². The minimum Gasteiger partial charge on any atom is -0.378 e. The van der Waals surface area contributed by atoms with Gasteiger partial charge in [0.05, 0.1) is 29.8 Å². The van der Waals surface area contributed by atoms with E-state index in [4.69, 9.17) is 4.74 Å². The molecule has 0 aliphatic carbocycles. The third-order valence-electron chi connectivity index (χ3n) is 4.79. The number of halogens is 3. The molecule has 9 heteroatoms. The lowest BCUT2D eigenvalue weighted by atomic mass is 10.0. The van der Waals surface area contributed by atoms with Gasteiger partial charge < -0.3 is 19.9 Å². The van der Waals surface area contributed by atoms with E-state index in [0.717, 1.165) is 17.6 Å². The maximum atomic E-state index is 13.2. The van der Waals surface area contributed by atoms with Gasteiger partial charge in [-0.3, -0.25) is 4.79 Å². The summed E-state index contributed by atoms with van der Waals surface area (Å²) in [4.78, 5) is 22.2. The van der Waals surface area contributed by atoms with Crippen LogP contribution in [0.3, 0.4) is 0 Å². The van der Waals surface area contributed by atoms with Crippen LogP contribution >= 0.6 is 0 Å². The van der Waals surface area contributed by atoms with Crippen LogP contribution in [0.2, 0.25) is 0 Å². The molecule has 6 nitrogen and oxygen atoms in total. The summed E-state index contributed by atoms with van der Waals surface area (Å²) in [6.45, 7) is 1.56. The van der Waals surface area contributed by atoms with Crippen LogP contribution in [0.15, 0.2) is 48.5 Å². The molecular weight excluding hydrogens is 385 g/mol. The van der Waals surface area contributed by atoms with Crippen molar-refractivity contribution < 1.29 is 22.7 Å². The number of hydrogen-bond donors (Lipinski definition) is 2. The first kappa shape index (κ1) is 19.3. The van der Waals surface area contributed by atoms with Gasteiger partial charge >= 0.3 is 6.18 Å². The molecule has 1 unspecified atom stereocenters. The summed E-state index contributed by atoms with van der Waals surface area (Å²) in [5.74, 6) is -0.0108. The molecular formula is C20H19F3N4O2. The van der Waals surface area contributed by atoms with E-state index in [2.05, 4.69) is 15.3 Å². The molecule has 0 saturated carbocycles. The Kier molecular flexibility index (Phi) is 5.14. The Bertz CT molecular complexity index is 979. The van der Waals surface area contributed by atoms with Gasteiger partial charge in [0.25, 0.3) is 0 Å². The van der Waals surface area contributed by atoms with Gasteiger partial charge in [0.15, 0.2) is 0 Å². The van der Waals surface area contributed by atoms with E-state index in [1.807, 2.05) is 18.2 Å². The molecule has 152 valence electrons. The summed E-state index contributed by atoms with van der Waals surface area (Å²) in [5, 5.41) is 2.99. The zero-order valence-electron chi connectivity index (χ0n) is 15.4. The van der Waals surface area contributed by atoms with Crippen LogP contribution in [0.25, 0.3) is 11.0 Å². The van der Waals surface area contributed by atoms with Gasteiger partial charge in [0, 0.05) is 13.1 Å². The molecule has 1 aliphatic heterocycles. The number of imidazole rings is 1. The lowest BCUT2D eigenvalue weighted by Crippen LogP contribution is -2.44. The Morgan fingerprint density at radius 1 is 1.14 bits per heavy atom. The van der Waals surface area contributed by atoms with Crippen molar-refractivity contribution in [3.63, 3.8) is 0 Å². The molecule has 3 aromatic rings. The van der Waals surface area contributed by atoms with E-state index < -0.39 is 17.8 Å². The van der Waals surface area contributed by atoms with E-state index in [1.54, 1.807) is 11.0 Å². The molecule has 2 aromatic carbocycles. The Morgan fingerprint density at radius 3 is 2.62 bits per heavy atom. The predicted octanol–water partition coefficient (Wildman–Crippen LogP) is 3.59. The summed E-state index contributed by atoms with van der Waals surface area (Å²) in [5.41, 5.74) is 0.867. The highest BCUT2D eigenvalue weighted by molar-refractivity contribution is 5.86. The first-order valence-corrected chi connectivity index (χ1v) is 9.17. The smallest absolute Gasteiger partial charge is 0.378 e. The molecule has 1 aromatic heterocycles. The molecule has 0 spiro atoms. The first-order valence-electron chi connectivity index (χ1n) is 9.17. The monoisotopic (exact) mass is 404 g/mol.